The average Bonchev–Trinajstić information content (AvgIpc) is 2.21. The van der Waals surface area contributed by atoms with Crippen LogP contribution >= 0.6 is 12.2 Å². The van der Waals surface area contributed by atoms with E-state index in [-0.39, 0.29) is 17.6 Å². The van der Waals surface area contributed by atoms with Gasteiger partial charge in [0.2, 0.25) is 5.91 Å². The highest BCUT2D eigenvalue weighted by Gasteiger charge is 2.05. The van der Waals surface area contributed by atoms with Crippen molar-refractivity contribution in [3.05, 3.63) is 23.8 Å². The Balaban J connectivity index is 2.75. The SMILES string of the molecule is COCC(=O)Nc1ccc(NC(N)=S)cc1C. The number of amides is 1. The number of hydrogen-bond acceptors (Lipinski definition) is 3. The summed E-state index contributed by atoms with van der Waals surface area (Å²) < 4.78 is 4.73. The average molecular weight is 253 g/mol. The molecule has 1 aromatic carbocycles. The molecule has 0 fully saturated rings. The fourth-order valence-corrected chi connectivity index (χ4v) is 1.46. The van der Waals surface area contributed by atoms with Crippen molar-refractivity contribution in [2.45, 2.75) is 6.92 Å². The second-order valence-electron chi connectivity index (χ2n) is 3.50. The summed E-state index contributed by atoms with van der Waals surface area (Å²) in [5.74, 6) is -0.189. The smallest absolute Gasteiger partial charge is 0.250 e. The molecule has 0 radical (unpaired) electrons. The van der Waals surface area contributed by atoms with Crippen LogP contribution in [0.4, 0.5) is 11.4 Å². The highest BCUT2D eigenvalue weighted by molar-refractivity contribution is 7.80. The van der Waals surface area contributed by atoms with Crippen molar-refractivity contribution < 1.29 is 9.53 Å². The Morgan fingerprint density at radius 2 is 2.18 bits per heavy atom. The minimum Gasteiger partial charge on any atom is -0.376 e. The van der Waals surface area contributed by atoms with Crippen molar-refractivity contribution in [2.75, 3.05) is 24.4 Å². The van der Waals surface area contributed by atoms with Gasteiger partial charge in [0.05, 0.1) is 0 Å². The number of rotatable bonds is 4. The van der Waals surface area contributed by atoms with E-state index in [0.29, 0.717) is 0 Å². The van der Waals surface area contributed by atoms with Gasteiger partial charge in [-0.2, -0.15) is 0 Å². The highest BCUT2D eigenvalue weighted by atomic mass is 32.1. The van der Waals surface area contributed by atoms with Crippen LogP contribution in [0.25, 0.3) is 0 Å². The van der Waals surface area contributed by atoms with Crippen LogP contribution in [-0.2, 0) is 9.53 Å². The van der Waals surface area contributed by atoms with E-state index < -0.39 is 0 Å². The minimum atomic E-state index is -0.189. The van der Waals surface area contributed by atoms with Crippen LogP contribution in [0, 0.1) is 6.92 Å². The number of benzene rings is 1. The maximum Gasteiger partial charge on any atom is 0.250 e. The Kier molecular flexibility index (Phi) is 4.86. The van der Waals surface area contributed by atoms with E-state index >= 15 is 0 Å². The van der Waals surface area contributed by atoms with Crippen molar-refractivity contribution in [3.8, 4) is 0 Å². The number of nitrogens with two attached hydrogens (primary N) is 1. The van der Waals surface area contributed by atoms with E-state index in [4.69, 9.17) is 22.7 Å². The van der Waals surface area contributed by atoms with Gasteiger partial charge in [0.15, 0.2) is 5.11 Å². The molecule has 6 heteroatoms. The Morgan fingerprint density at radius 3 is 2.71 bits per heavy atom. The first-order chi connectivity index (χ1) is 8.02. The molecule has 0 bridgehead atoms. The Labute approximate surface area is 105 Å². The van der Waals surface area contributed by atoms with E-state index in [9.17, 15) is 4.79 Å². The third-order valence-electron chi connectivity index (χ3n) is 2.04. The lowest BCUT2D eigenvalue weighted by atomic mass is 10.1. The summed E-state index contributed by atoms with van der Waals surface area (Å²) in [6.45, 7) is 1.92. The molecule has 1 aromatic rings. The maximum absolute atomic E-state index is 11.3. The number of carbonyl (C=O) groups excluding carboxylic acids is 1. The molecule has 0 aliphatic carbocycles. The molecule has 0 unspecified atom stereocenters. The molecule has 0 atom stereocenters. The fraction of sp³-hybridized carbons (Fsp3) is 0.273. The van der Waals surface area contributed by atoms with E-state index in [1.807, 2.05) is 13.0 Å². The number of ether oxygens (including phenoxy) is 1. The third kappa shape index (κ3) is 4.38. The zero-order chi connectivity index (χ0) is 12.8. The number of aryl methyl sites for hydroxylation is 1. The summed E-state index contributed by atoms with van der Waals surface area (Å²) in [6, 6.07) is 5.42. The summed E-state index contributed by atoms with van der Waals surface area (Å²) in [7, 11) is 1.47. The predicted octanol–water partition coefficient (Wildman–Crippen LogP) is 1.24. The second-order valence-corrected chi connectivity index (χ2v) is 3.94. The van der Waals surface area contributed by atoms with Crippen LogP contribution in [-0.4, -0.2) is 24.7 Å². The second kappa shape index (κ2) is 6.17. The van der Waals surface area contributed by atoms with Crippen LogP contribution in [0.1, 0.15) is 5.56 Å². The lowest BCUT2D eigenvalue weighted by Crippen LogP contribution is -2.20. The van der Waals surface area contributed by atoms with Crippen LogP contribution in [0.15, 0.2) is 18.2 Å². The first-order valence-electron chi connectivity index (χ1n) is 4.99. The molecule has 1 amide bonds. The number of methoxy groups -OCH3 is 1. The molecule has 0 saturated carbocycles. The zero-order valence-electron chi connectivity index (χ0n) is 9.74. The molecule has 4 N–H and O–H groups in total. The molecule has 0 heterocycles. The van der Waals surface area contributed by atoms with Crippen molar-refractivity contribution >= 4 is 34.6 Å². The lowest BCUT2D eigenvalue weighted by molar-refractivity contribution is -0.119. The monoisotopic (exact) mass is 253 g/mol. The normalized spacial score (nSPS) is 9.76. The molecule has 0 aliphatic rings. The van der Waals surface area contributed by atoms with Crippen molar-refractivity contribution in [2.24, 2.45) is 5.73 Å². The molecule has 0 spiro atoms. The minimum absolute atomic E-state index is 0.0341. The summed E-state index contributed by atoms with van der Waals surface area (Å²) >= 11 is 4.74. The molecular weight excluding hydrogens is 238 g/mol. The number of anilines is 2. The number of hydrogen-bond donors (Lipinski definition) is 3. The first-order valence-corrected chi connectivity index (χ1v) is 5.39. The third-order valence-corrected chi connectivity index (χ3v) is 2.15. The van der Waals surface area contributed by atoms with Crippen LogP contribution < -0.4 is 16.4 Å². The van der Waals surface area contributed by atoms with Gasteiger partial charge in [0.25, 0.3) is 0 Å². The van der Waals surface area contributed by atoms with Crippen molar-refractivity contribution in [1.29, 1.82) is 0 Å². The van der Waals surface area contributed by atoms with Gasteiger partial charge in [-0.3, -0.25) is 4.79 Å². The van der Waals surface area contributed by atoms with Crippen LogP contribution in [0.2, 0.25) is 0 Å². The predicted molar refractivity (Wildman–Crippen MR) is 72.1 cm³/mol. The van der Waals surface area contributed by atoms with Gasteiger partial charge in [-0.1, -0.05) is 0 Å². The highest BCUT2D eigenvalue weighted by Crippen LogP contribution is 2.19. The van der Waals surface area contributed by atoms with Gasteiger partial charge >= 0.3 is 0 Å². The molecule has 0 saturated heterocycles. The fourth-order valence-electron chi connectivity index (χ4n) is 1.34. The number of carbonyl (C=O) groups is 1. The molecule has 17 heavy (non-hydrogen) atoms. The van der Waals surface area contributed by atoms with Crippen LogP contribution in [0.3, 0.4) is 0 Å². The Hall–Kier alpha value is -1.66. The van der Waals surface area contributed by atoms with Gasteiger partial charge in [0, 0.05) is 18.5 Å². The molecule has 92 valence electrons. The summed E-state index contributed by atoms with van der Waals surface area (Å²) in [5, 5.41) is 5.77. The largest absolute Gasteiger partial charge is 0.376 e. The first kappa shape index (κ1) is 13.4. The van der Waals surface area contributed by atoms with Gasteiger partial charge in [-0.15, -0.1) is 0 Å². The molecule has 5 nitrogen and oxygen atoms in total. The quantitative estimate of drug-likeness (QED) is 0.704. The lowest BCUT2D eigenvalue weighted by Gasteiger charge is -2.10. The molecular formula is C11H15N3O2S. The van der Waals surface area contributed by atoms with E-state index in [2.05, 4.69) is 10.6 Å². The maximum atomic E-state index is 11.3. The molecule has 0 aromatic heterocycles. The van der Waals surface area contributed by atoms with Gasteiger partial charge < -0.3 is 21.1 Å². The van der Waals surface area contributed by atoms with Gasteiger partial charge in [-0.25, -0.2) is 0 Å². The van der Waals surface area contributed by atoms with Crippen molar-refractivity contribution in [1.82, 2.24) is 0 Å². The Bertz CT molecular complexity index is 435. The summed E-state index contributed by atoms with van der Waals surface area (Å²) in [6.07, 6.45) is 0. The molecule has 0 aliphatic heterocycles. The van der Waals surface area contributed by atoms with Gasteiger partial charge in [-0.05, 0) is 42.9 Å². The zero-order valence-corrected chi connectivity index (χ0v) is 10.6. The van der Waals surface area contributed by atoms with E-state index in [0.717, 1.165) is 16.9 Å². The Morgan fingerprint density at radius 1 is 1.47 bits per heavy atom. The number of thiocarbonyl (C=S) groups is 1. The van der Waals surface area contributed by atoms with E-state index in [1.54, 1.807) is 12.1 Å². The van der Waals surface area contributed by atoms with Crippen LogP contribution in [0.5, 0.6) is 0 Å². The summed E-state index contributed by atoms with van der Waals surface area (Å²) in [5.41, 5.74) is 7.81. The summed E-state index contributed by atoms with van der Waals surface area (Å²) in [4.78, 5) is 11.3. The standard InChI is InChI=1S/C11H15N3O2S/c1-7-5-8(13-11(12)17)3-4-9(7)14-10(15)6-16-2/h3-5H,6H2,1-2H3,(H,14,15)(H3,12,13,17). The van der Waals surface area contributed by atoms with Crippen molar-refractivity contribution in [3.63, 3.8) is 0 Å². The van der Waals surface area contributed by atoms with E-state index in [1.165, 1.54) is 7.11 Å². The topological polar surface area (TPSA) is 76.4 Å². The van der Waals surface area contributed by atoms with Gasteiger partial charge in [0.1, 0.15) is 6.61 Å². The number of nitrogens with one attached hydrogen (secondary N) is 2. The molecule has 1 rings (SSSR count).